The summed E-state index contributed by atoms with van der Waals surface area (Å²) in [6, 6.07) is 14.5. The van der Waals surface area contributed by atoms with Gasteiger partial charge >= 0.3 is 11.9 Å². The van der Waals surface area contributed by atoms with Crippen molar-refractivity contribution in [2.45, 2.75) is 18.7 Å². The van der Waals surface area contributed by atoms with Gasteiger partial charge in [0, 0.05) is 5.39 Å². The van der Waals surface area contributed by atoms with Gasteiger partial charge in [-0.15, -0.1) is 0 Å². The number of aromatic nitrogens is 1. The number of para-hydroxylation sites is 1. The molecule has 0 aliphatic carbocycles. The van der Waals surface area contributed by atoms with Crippen molar-refractivity contribution in [3.05, 3.63) is 71.4 Å². The third kappa shape index (κ3) is 2.84. The van der Waals surface area contributed by atoms with Gasteiger partial charge in [-0.25, -0.2) is 22.0 Å². The highest BCUT2D eigenvalue weighted by molar-refractivity contribution is 7.90. The molecule has 29 heavy (non-hydrogen) atoms. The fourth-order valence-electron chi connectivity index (χ4n) is 3.36. The van der Waals surface area contributed by atoms with Crippen LogP contribution in [-0.4, -0.2) is 30.9 Å². The van der Waals surface area contributed by atoms with E-state index in [1.54, 1.807) is 49.4 Å². The van der Waals surface area contributed by atoms with Gasteiger partial charge in [0.25, 0.3) is 10.0 Å². The maximum Gasteiger partial charge on any atom is 0.362 e. The molecule has 3 aromatic rings. The van der Waals surface area contributed by atoms with E-state index in [2.05, 4.69) is 0 Å². The third-order valence-electron chi connectivity index (χ3n) is 4.65. The number of rotatable bonds is 4. The monoisotopic (exact) mass is 411 g/mol. The summed E-state index contributed by atoms with van der Waals surface area (Å²) in [6.45, 7) is 3.31. The summed E-state index contributed by atoms with van der Waals surface area (Å²) >= 11 is 0. The number of carbonyl (C=O) groups excluding carboxylic acids is 2. The molecule has 4 rings (SSSR count). The first-order valence-corrected chi connectivity index (χ1v) is 10.4. The molecule has 1 aliphatic heterocycles. The molecular weight excluding hydrogens is 394 g/mol. The highest BCUT2D eigenvalue weighted by Gasteiger charge is 2.40. The second-order valence-electron chi connectivity index (χ2n) is 6.39. The molecule has 0 saturated carbocycles. The number of hydrogen-bond donors (Lipinski definition) is 0. The van der Waals surface area contributed by atoms with E-state index >= 15 is 0 Å². The Morgan fingerprint density at radius 3 is 2.41 bits per heavy atom. The lowest BCUT2D eigenvalue weighted by Crippen LogP contribution is -2.17. The van der Waals surface area contributed by atoms with E-state index in [0.29, 0.717) is 10.9 Å². The number of esters is 2. The van der Waals surface area contributed by atoms with Gasteiger partial charge in [0.2, 0.25) is 0 Å². The number of fused-ring (bicyclic) bond motifs is 3. The Hall–Kier alpha value is -3.39. The molecule has 0 fully saturated rings. The lowest BCUT2D eigenvalue weighted by atomic mass is 10.1. The molecule has 2 heterocycles. The molecule has 0 radical (unpaired) electrons. The average Bonchev–Trinajstić information content (AvgIpc) is 3.24. The topological polar surface area (TPSA) is 91.7 Å². The highest BCUT2D eigenvalue weighted by atomic mass is 32.2. The molecule has 0 bridgehead atoms. The summed E-state index contributed by atoms with van der Waals surface area (Å²) in [6.07, 6.45) is 0. The Balaban J connectivity index is 2.07. The summed E-state index contributed by atoms with van der Waals surface area (Å²) in [5.41, 5.74) is 0.565. The van der Waals surface area contributed by atoms with E-state index in [-0.39, 0.29) is 34.1 Å². The number of hydrogen-bond acceptors (Lipinski definition) is 6. The van der Waals surface area contributed by atoms with E-state index in [1.807, 2.05) is 0 Å². The Morgan fingerprint density at radius 2 is 1.72 bits per heavy atom. The standard InChI is InChI=1S/C21H17NO6S/c1-3-27-20(23)13(2)19-17-15-11-7-8-12-16(15)22(18(17)21(24)28-19)29(25,26)14-9-5-4-6-10-14/h4-12H,3H2,1-2H3/b19-13+. The molecular formula is C21H17NO6S. The van der Waals surface area contributed by atoms with Crippen molar-refractivity contribution >= 4 is 38.6 Å². The highest BCUT2D eigenvalue weighted by Crippen LogP contribution is 2.41. The van der Waals surface area contributed by atoms with Gasteiger partial charge in [-0.2, -0.15) is 0 Å². The summed E-state index contributed by atoms with van der Waals surface area (Å²) in [5.74, 6) is -1.46. The molecule has 148 valence electrons. The summed E-state index contributed by atoms with van der Waals surface area (Å²) in [5, 5.41) is 0.492. The predicted molar refractivity (Wildman–Crippen MR) is 106 cm³/mol. The van der Waals surface area contributed by atoms with E-state index in [0.717, 1.165) is 3.97 Å². The zero-order valence-corrected chi connectivity index (χ0v) is 16.5. The Kier molecular flexibility index (Phi) is 4.50. The van der Waals surface area contributed by atoms with Crippen LogP contribution in [0.5, 0.6) is 0 Å². The Labute approximate surface area is 167 Å². The van der Waals surface area contributed by atoms with Crippen molar-refractivity contribution in [1.29, 1.82) is 0 Å². The first kappa shape index (κ1) is 18.9. The van der Waals surface area contributed by atoms with Crippen LogP contribution in [0.1, 0.15) is 29.9 Å². The van der Waals surface area contributed by atoms with Crippen LogP contribution in [0.15, 0.2) is 65.1 Å². The lowest BCUT2D eigenvalue weighted by molar-refractivity contribution is -0.138. The van der Waals surface area contributed by atoms with Gasteiger partial charge in [0.1, 0.15) is 0 Å². The first-order chi connectivity index (χ1) is 13.9. The maximum atomic E-state index is 13.4. The molecule has 0 atom stereocenters. The number of nitrogens with zero attached hydrogens (tertiary/aromatic N) is 1. The van der Waals surface area contributed by atoms with Crippen molar-refractivity contribution < 1.29 is 27.5 Å². The van der Waals surface area contributed by atoms with Crippen LogP contribution < -0.4 is 0 Å². The van der Waals surface area contributed by atoms with Crippen LogP contribution in [0.3, 0.4) is 0 Å². The minimum atomic E-state index is -4.08. The molecule has 8 heteroatoms. The molecule has 0 N–H and O–H groups in total. The summed E-state index contributed by atoms with van der Waals surface area (Å²) < 4.78 is 38.1. The summed E-state index contributed by atoms with van der Waals surface area (Å²) in [4.78, 5) is 25.0. The Bertz CT molecular complexity index is 1290. The number of carbonyl (C=O) groups is 2. The summed E-state index contributed by atoms with van der Waals surface area (Å²) in [7, 11) is -4.08. The third-order valence-corrected chi connectivity index (χ3v) is 6.38. The van der Waals surface area contributed by atoms with Gasteiger partial charge in [-0.1, -0.05) is 36.4 Å². The van der Waals surface area contributed by atoms with E-state index < -0.39 is 22.0 Å². The van der Waals surface area contributed by atoms with Crippen LogP contribution in [0.4, 0.5) is 0 Å². The normalized spacial score (nSPS) is 15.2. The predicted octanol–water partition coefficient (Wildman–Crippen LogP) is 3.34. The maximum absolute atomic E-state index is 13.4. The smallest absolute Gasteiger partial charge is 0.362 e. The largest absolute Gasteiger partial charge is 0.463 e. The minimum absolute atomic E-state index is 0.0154. The molecule has 0 amide bonds. The zero-order valence-electron chi connectivity index (χ0n) is 15.7. The van der Waals surface area contributed by atoms with Gasteiger partial charge in [0.05, 0.1) is 28.2 Å². The van der Waals surface area contributed by atoms with Crippen LogP contribution >= 0.6 is 0 Å². The SMILES string of the molecule is CCOC(=O)/C(C)=C1/OC(=O)c2c1c1ccccc1n2S(=O)(=O)c1ccccc1. The molecule has 1 aliphatic rings. The van der Waals surface area contributed by atoms with Crippen molar-refractivity contribution in [3.8, 4) is 0 Å². The molecule has 1 aromatic heterocycles. The number of benzene rings is 2. The van der Waals surface area contributed by atoms with Crippen molar-refractivity contribution in [1.82, 2.24) is 3.97 Å². The van der Waals surface area contributed by atoms with Crippen LogP contribution in [-0.2, 0) is 24.3 Å². The fraction of sp³-hybridized carbons (Fsp3) is 0.143. The average molecular weight is 411 g/mol. The second-order valence-corrected chi connectivity index (χ2v) is 8.17. The molecule has 2 aromatic carbocycles. The lowest BCUT2D eigenvalue weighted by Gasteiger charge is -2.10. The van der Waals surface area contributed by atoms with Crippen LogP contribution in [0, 0.1) is 0 Å². The van der Waals surface area contributed by atoms with E-state index in [1.165, 1.54) is 19.1 Å². The van der Waals surface area contributed by atoms with Gasteiger partial charge in [0.15, 0.2) is 11.5 Å². The van der Waals surface area contributed by atoms with Crippen LogP contribution in [0.2, 0.25) is 0 Å². The zero-order chi connectivity index (χ0) is 20.8. The quantitative estimate of drug-likeness (QED) is 0.483. The van der Waals surface area contributed by atoms with Crippen molar-refractivity contribution in [2.24, 2.45) is 0 Å². The van der Waals surface area contributed by atoms with Crippen molar-refractivity contribution in [3.63, 3.8) is 0 Å². The second kappa shape index (κ2) is 6.89. The van der Waals surface area contributed by atoms with Crippen molar-refractivity contribution in [2.75, 3.05) is 6.61 Å². The number of ether oxygens (including phenoxy) is 2. The molecule has 0 unspecified atom stereocenters. The van der Waals surface area contributed by atoms with E-state index in [4.69, 9.17) is 9.47 Å². The fourth-order valence-corrected chi connectivity index (χ4v) is 4.90. The Morgan fingerprint density at radius 1 is 1.07 bits per heavy atom. The molecule has 0 saturated heterocycles. The minimum Gasteiger partial charge on any atom is -0.463 e. The molecule has 0 spiro atoms. The van der Waals surface area contributed by atoms with E-state index in [9.17, 15) is 18.0 Å². The van der Waals surface area contributed by atoms with Gasteiger partial charge in [-0.3, -0.25) is 0 Å². The first-order valence-electron chi connectivity index (χ1n) is 8.92. The van der Waals surface area contributed by atoms with Gasteiger partial charge in [-0.05, 0) is 32.0 Å². The van der Waals surface area contributed by atoms with Crippen LogP contribution in [0.25, 0.3) is 16.7 Å². The van der Waals surface area contributed by atoms with Gasteiger partial charge < -0.3 is 9.47 Å². The molecule has 7 nitrogen and oxygen atoms in total. The number of cyclic esters (lactones) is 1.